The number of carbonyl (C=O) groups is 1. The Bertz CT molecular complexity index is 683. The van der Waals surface area contributed by atoms with Gasteiger partial charge in [-0.25, -0.2) is 17.2 Å². The molecule has 0 radical (unpaired) electrons. The number of hydrogen-bond acceptors (Lipinski definition) is 3. The standard InChI is InChI=1S/C13H14ClF2NO3S/c1-7-5-17(6-8(7)2)13(18)10-3-9(15)4-11(12(10)16)21(14,19)20/h3-4,7-8H,5-6H2,1-2H3. The number of rotatable bonds is 2. The molecule has 1 aliphatic rings. The fourth-order valence-electron chi connectivity index (χ4n) is 2.36. The van der Waals surface area contributed by atoms with Crippen LogP contribution in [-0.2, 0) is 9.05 Å². The highest BCUT2D eigenvalue weighted by Gasteiger charge is 2.33. The summed E-state index contributed by atoms with van der Waals surface area (Å²) in [6.07, 6.45) is 0. The maximum atomic E-state index is 14.2. The molecule has 2 atom stereocenters. The minimum absolute atomic E-state index is 0.238. The molecule has 1 aromatic carbocycles. The second kappa shape index (κ2) is 5.53. The summed E-state index contributed by atoms with van der Waals surface area (Å²) >= 11 is 0. The molecule has 116 valence electrons. The Morgan fingerprint density at radius 3 is 2.24 bits per heavy atom. The zero-order chi connectivity index (χ0) is 15.9. The highest BCUT2D eigenvalue weighted by atomic mass is 35.7. The monoisotopic (exact) mass is 337 g/mol. The van der Waals surface area contributed by atoms with Crippen molar-refractivity contribution >= 4 is 25.6 Å². The highest BCUT2D eigenvalue weighted by Crippen LogP contribution is 2.28. The van der Waals surface area contributed by atoms with Crippen LogP contribution in [0.2, 0.25) is 0 Å². The molecule has 0 spiro atoms. The first-order valence-electron chi connectivity index (χ1n) is 6.34. The van der Waals surface area contributed by atoms with Crippen LogP contribution in [0.1, 0.15) is 24.2 Å². The predicted octanol–water partition coefficient (Wildman–Crippen LogP) is 2.62. The van der Waals surface area contributed by atoms with Gasteiger partial charge in [0.15, 0.2) is 5.82 Å². The molecule has 1 saturated heterocycles. The topological polar surface area (TPSA) is 54.5 Å². The van der Waals surface area contributed by atoms with E-state index in [0.717, 1.165) is 0 Å². The molecule has 1 amide bonds. The Morgan fingerprint density at radius 2 is 1.76 bits per heavy atom. The van der Waals surface area contributed by atoms with Crippen molar-refractivity contribution in [1.29, 1.82) is 0 Å². The Hall–Kier alpha value is -1.21. The zero-order valence-electron chi connectivity index (χ0n) is 11.4. The lowest BCUT2D eigenvalue weighted by Gasteiger charge is -2.17. The third-order valence-electron chi connectivity index (χ3n) is 3.77. The summed E-state index contributed by atoms with van der Waals surface area (Å²) in [5, 5.41) is 0. The predicted molar refractivity (Wildman–Crippen MR) is 73.6 cm³/mol. The molecule has 2 unspecified atom stereocenters. The molecular weight excluding hydrogens is 324 g/mol. The molecular formula is C13H14ClF2NO3S. The first-order valence-corrected chi connectivity index (χ1v) is 8.65. The number of benzene rings is 1. The summed E-state index contributed by atoms with van der Waals surface area (Å²) in [5.41, 5.74) is -0.615. The molecule has 8 heteroatoms. The molecule has 2 rings (SSSR count). The van der Waals surface area contributed by atoms with Crippen LogP contribution >= 0.6 is 10.7 Å². The van der Waals surface area contributed by atoms with Crippen LogP contribution in [-0.4, -0.2) is 32.3 Å². The first-order chi connectivity index (χ1) is 9.61. The fraction of sp³-hybridized carbons (Fsp3) is 0.462. The van der Waals surface area contributed by atoms with Crippen LogP contribution in [0.5, 0.6) is 0 Å². The molecule has 0 N–H and O–H groups in total. The van der Waals surface area contributed by atoms with Gasteiger partial charge in [-0.3, -0.25) is 4.79 Å². The van der Waals surface area contributed by atoms with E-state index in [1.165, 1.54) is 4.90 Å². The molecule has 1 fully saturated rings. The summed E-state index contributed by atoms with van der Waals surface area (Å²) in [7, 11) is 0.589. The van der Waals surface area contributed by atoms with E-state index >= 15 is 0 Å². The SMILES string of the molecule is CC1CN(C(=O)c2cc(F)cc(S(=O)(=O)Cl)c2F)CC1C. The average molecular weight is 338 g/mol. The van der Waals surface area contributed by atoms with Gasteiger partial charge < -0.3 is 4.90 Å². The smallest absolute Gasteiger partial charge is 0.264 e. The van der Waals surface area contributed by atoms with Gasteiger partial charge in [-0.1, -0.05) is 13.8 Å². The molecule has 0 aromatic heterocycles. The minimum Gasteiger partial charge on any atom is -0.338 e. The summed E-state index contributed by atoms with van der Waals surface area (Å²) in [5.74, 6) is -2.60. The molecule has 21 heavy (non-hydrogen) atoms. The lowest BCUT2D eigenvalue weighted by Crippen LogP contribution is -2.30. The highest BCUT2D eigenvalue weighted by molar-refractivity contribution is 8.13. The van der Waals surface area contributed by atoms with Crippen LogP contribution in [0.4, 0.5) is 8.78 Å². The Balaban J connectivity index is 2.45. The van der Waals surface area contributed by atoms with E-state index in [-0.39, 0.29) is 11.8 Å². The van der Waals surface area contributed by atoms with Crippen molar-refractivity contribution in [3.8, 4) is 0 Å². The van der Waals surface area contributed by atoms with Crippen molar-refractivity contribution in [3.05, 3.63) is 29.3 Å². The van der Waals surface area contributed by atoms with E-state index in [1.54, 1.807) is 0 Å². The van der Waals surface area contributed by atoms with Crippen LogP contribution in [0.3, 0.4) is 0 Å². The normalized spacial score (nSPS) is 22.6. The van der Waals surface area contributed by atoms with Crippen LogP contribution in [0.15, 0.2) is 17.0 Å². The Morgan fingerprint density at radius 1 is 1.24 bits per heavy atom. The van der Waals surface area contributed by atoms with Crippen LogP contribution < -0.4 is 0 Å². The van der Waals surface area contributed by atoms with E-state index in [2.05, 4.69) is 0 Å². The van der Waals surface area contributed by atoms with E-state index in [9.17, 15) is 22.0 Å². The zero-order valence-corrected chi connectivity index (χ0v) is 13.0. The average Bonchev–Trinajstić information content (AvgIpc) is 2.70. The van der Waals surface area contributed by atoms with Crippen molar-refractivity contribution in [1.82, 2.24) is 4.90 Å². The Kier molecular flexibility index (Phi) is 4.26. The van der Waals surface area contributed by atoms with Gasteiger partial charge in [0.05, 0.1) is 5.56 Å². The fourth-order valence-corrected chi connectivity index (χ4v) is 3.28. The molecule has 0 saturated carbocycles. The number of nitrogens with zero attached hydrogens (tertiary/aromatic N) is 1. The van der Waals surface area contributed by atoms with Crippen molar-refractivity contribution in [2.45, 2.75) is 18.7 Å². The van der Waals surface area contributed by atoms with Crippen molar-refractivity contribution in [2.24, 2.45) is 11.8 Å². The summed E-state index contributed by atoms with van der Waals surface area (Å²) in [6.45, 7) is 4.74. The van der Waals surface area contributed by atoms with Gasteiger partial charge in [0.2, 0.25) is 0 Å². The lowest BCUT2D eigenvalue weighted by atomic mass is 10.0. The van der Waals surface area contributed by atoms with Crippen molar-refractivity contribution in [3.63, 3.8) is 0 Å². The van der Waals surface area contributed by atoms with Crippen LogP contribution in [0.25, 0.3) is 0 Å². The van der Waals surface area contributed by atoms with E-state index in [4.69, 9.17) is 10.7 Å². The largest absolute Gasteiger partial charge is 0.338 e. The first kappa shape index (κ1) is 16.2. The molecule has 4 nitrogen and oxygen atoms in total. The number of likely N-dealkylation sites (tertiary alicyclic amines) is 1. The van der Waals surface area contributed by atoms with Gasteiger partial charge in [-0.05, 0) is 24.0 Å². The van der Waals surface area contributed by atoms with Crippen molar-refractivity contribution < 1.29 is 22.0 Å². The van der Waals surface area contributed by atoms with Gasteiger partial charge in [0.25, 0.3) is 15.0 Å². The van der Waals surface area contributed by atoms with E-state index in [0.29, 0.717) is 25.2 Å². The molecule has 0 aliphatic carbocycles. The minimum atomic E-state index is -4.47. The maximum Gasteiger partial charge on any atom is 0.264 e. The summed E-state index contributed by atoms with van der Waals surface area (Å²) < 4.78 is 50.1. The van der Waals surface area contributed by atoms with E-state index in [1.807, 2.05) is 13.8 Å². The van der Waals surface area contributed by atoms with Gasteiger partial charge in [-0.15, -0.1) is 0 Å². The number of carbonyl (C=O) groups excluding carboxylic acids is 1. The third kappa shape index (κ3) is 3.18. The quantitative estimate of drug-likeness (QED) is 0.779. The number of hydrogen-bond donors (Lipinski definition) is 0. The van der Waals surface area contributed by atoms with E-state index < -0.39 is 37.1 Å². The van der Waals surface area contributed by atoms with Crippen LogP contribution in [0, 0.1) is 23.5 Å². The van der Waals surface area contributed by atoms with Gasteiger partial charge >= 0.3 is 0 Å². The molecule has 1 aromatic rings. The number of halogens is 3. The van der Waals surface area contributed by atoms with Gasteiger partial charge in [-0.2, -0.15) is 0 Å². The number of amides is 1. The molecule has 0 bridgehead atoms. The third-order valence-corrected chi connectivity index (χ3v) is 5.09. The lowest BCUT2D eigenvalue weighted by molar-refractivity contribution is 0.0779. The maximum absolute atomic E-state index is 14.2. The second-order valence-electron chi connectivity index (χ2n) is 5.37. The second-order valence-corrected chi connectivity index (χ2v) is 7.90. The summed E-state index contributed by atoms with van der Waals surface area (Å²) in [4.78, 5) is 12.6. The molecule has 1 heterocycles. The van der Waals surface area contributed by atoms with Gasteiger partial charge in [0.1, 0.15) is 10.7 Å². The Labute approximate surface area is 126 Å². The summed E-state index contributed by atoms with van der Waals surface area (Å²) in [6, 6.07) is 1.15. The molecule has 1 aliphatic heterocycles. The van der Waals surface area contributed by atoms with Crippen molar-refractivity contribution in [2.75, 3.05) is 13.1 Å². The van der Waals surface area contributed by atoms with Gasteiger partial charge in [0, 0.05) is 23.8 Å².